The smallest absolute Gasteiger partial charge is 0.329 e. The third-order valence-electron chi connectivity index (χ3n) is 2.38. The lowest BCUT2D eigenvalue weighted by Crippen LogP contribution is -2.33. The Morgan fingerprint density at radius 2 is 2.00 bits per heavy atom. The molecule has 0 aliphatic rings. The molecular formula is C13H18N2O2S. The van der Waals surface area contributed by atoms with Gasteiger partial charge in [0.25, 0.3) is 0 Å². The van der Waals surface area contributed by atoms with Crippen LogP contribution in [0.3, 0.4) is 0 Å². The molecule has 0 fully saturated rings. The maximum Gasteiger partial charge on any atom is 0.329 e. The molecule has 1 N–H and O–H groups in total. The van der Waals surface area contributed by atoms with E-state index in [0.29, 0.717) is 11.0 Å². The van der Waals surface area contributed by atoms with Crippen LogP contribution in [0.2, 0.25) is 0 Å². The lowest BCUT2D eigenvalue weighted by Gasteiger charge is -2.21. The van der Waals surface area contributed by atoms with Crippen LogP contribution in [-0.2, 0) is 9.63 Å². The molecule has 0 unspecified atom stereocenters. The molecule has 0 atom stereocenters. The molecule has 1 aromatic rings. The van der Waals surface area contributed by atoms with Gasteiger partial charge >= 0.3 is 5.97 Å². The zero-order chi connectivity index (χ0) is 13.7. The van der Waals surface area contributed by atoms with Gasteiger partial charge in [-0.15, -0.1) is 0 Å². The van der Waals surface area contributed by atoms with E-state index in [1.807, 2.05) is 24.3 Å². The normalized spacial score (nSPS) is 10.1. The number of hydrogen-bond acceptors (Lipinski definition) is 3. The molecule has 0 heterocycles. The quantitative estimate of drug-likeness (QED) is 0.658. The van der Waals surface area contributed by atoms with Crippen molar-refractivity contribution in [3.05, 3.63) is 29.8 Å². The summed E-state index contributed by atoms with van der Waals surface area (Å²) in [5.41, 5.74) is 2.09. The Hall–Kier alpha value is -1.62. The van der Waals surface area contributed by atoms with Gasteiger partial charge in [-0.25, -0.2) is 0 Å². The minimum Gasteiger partial charge on any atom is -0.339 e. The molecule has 18 heavy (non-hydrogen) atoms. The Kier molecular flexibility index (Phi) is 5.09. The summed E-state index contributed by atoms with van der Waals surface area (Å²) >= 11 is 5.16. The fourth-order valence-corrected chi connectivity index (χ4v) is 1.69. The number of carbonyl (C=O) groups excluding carboxylic acids is 1. The van der Waals surface area contributed by atoms with E-state index >= 15 is 0 Å². The number of benzene rings is 1. The average molecular weight is 266 g/mol. The number of nitrogens with one attached hydrogen (secondary N) is 1. The number of hydrogen-bond donors (Lipinski definition) is 1. The highest BCUT2D eigenvalue weighted by Gasteiger charge is 2.11. The molecule has 1 rings (SSSR count). The Labute approximate surface area is 113 Å². The first-order chi connectivity index (χ1) is 8.41. The van der Waals surface area contributed by atoms with Crippen LogP contribution in [0.1, 0.15) is 32.3 Å². The second-order valence-electron chi connectivity index (χ2n) is 4.25. The van der Waals surface area contributed by atoms with E-state index < -0.39 is 5.97 Å². The zero-order valence-corrected chi connectivity index (χ0v) is 11.9. The Balaban J connectivity index is 2.78. The van der Waals surface area contributed by atoms with Gasteiger partial charge in [-0.05, 0) is 29.8 Å². The lowest BCUT2D eigenvalue weighted by molar-refractivity contribution is -0.165. The number of para-hydroxylation sites is 1. The van der Waals surface area contributed by atoms with E-state index in [1.54, 1.807) is 7.05 Å². The molecule has 0 aromatic heterocycles. The monoisotopic (exact) mass is 266 g/mol. The average Bonchev–Trinajstić information content (AvgIpc) is 2.28. The van der Waals surface area contributed by atoms with Crippen molar-refractivity contribution in [1.29, 1.82) is 0 Å². The van der Waals surface area contributed by atoms with Gasteiger partial charge in [0.1, 0.15) is 0 Å². The number of nitrogens with zero attached hydrogens (tertiary/aromatic N) is 1. The standard InChI is InChI=1S/C13H18N2O2S/c1-9(2)11-7-5-6-8-12(11)14-13(18)15(4)17-10(3)16/h5-9H,1-4H3,(H,14,18). The summed E-state index contributed by atoms with van der Waals surface area (Å²) in [7, 11) is 1.59. The first-order valence-corrected chi connectivity index (χ1v) is 6.14. The van der Waals surface area contributed by atoms with E-state index in [2.05, 4.69) is 19.2 Å². The molecule has 1 aromatic carbocycles. The highest BCUT2D eigenvalue weighted by atomic mass is 32.1. The fraction of sp³-hybridized carbons (Fsp3) is 0.385. The van der Waals surface area contributed by atoms with Crippen molar-refractivity contribution in [2.24, 2.45) is 0 Å². The molecule has 0 aliphatic carbocycles. The third kappa shape index (κ3) is 4.00. The van der Waals surface area contributed by atoms with Gasteiger partial charge in [-0.3, -0.25) is 4.79 Å². The number of rotatable bonds is 2. The Bertz CT molecular complexity index is 446. The van der Waals surface area contributed by atoms with Gasteiger partial charge in [0.2, 0.25) is 5.11 Å². The van der Waals surface area contributed by atoms with Crippen LogP contribution < -0.4 is 5.32 Å². The van der Waals surface area contributed by atoms with Gasteiger partial charge in [-0.1, -0.05) is 32.0 Å². The summed E-state index contributed by atoms with van der Waals surface area (Å²) in [6.45, 7) is 5.56. The predicted molar refractivity (Wildman–Crippen MR) is 76.3 cm³/mol. The van der Waals surface area contributed by atoms with Crippen LogP contribution in [-0.4, -0.2) is 23.2 Å². The molecule has 0 saturated heterocycles. The van der Waals surface area contributed by atoms with Crippen LogP contribution in [0.15, 0.2) is 24.3 Å². The summed E-state index contributed by atoms with van der Waals surface area (Å²) in [6, 6.07) is 7.91. The van der Waals surface area contributed by atoms with Crippen molar-refractivity contribution in [2.45, 2.75) is 26.7 Å². The van der Waals surface area contributed by atoms with Crippen molar-refractivity contribution in [2.75, 3.05) is 12.4 Å². The second kappa shape index (κ2) is 6.35. The summed E-state index contributed by atoms with van der Waals surface area (Å²) in [6.07, 6.45) is 0. The maximum absolute atomic E-state index is 10.8. The van der Waals surface area contributed by atoms with Crippen molar-refractivity contribution < 1.29 is 9.63 Å². The molecule has 0 radical (unpaired) electrons. The molecule has 0 saturated carbocycles. The number of thiocarbonyl (C=S) groups is 1. The molecule has 98 valence electrons. The van der Waals surface area contributed by atoms with Crippen molar-refractivity contribution in [1.82, 2.24) is 5.06 Å². The highest BCUT2D eigenvalue weighted by Crippen LogP contribution is 2.23. The number of anilines is 1. The van der Waals surface area contributed by atoms with Crippen LogP contribution in [0.5, 0.6) is 0 Å². The van der Waals surface area contributed by atoms with Crippen molar-refractivity contribution >= 4 is 29.0 Å². The SMILES string of the molecule is CC(=O)ON(C)C(=S)Nc1ccccc1C(C)C. The zero-order valence-electron chi connectivity index (χ0n) is 11.1. The summed E-state index contributed by atoms with van der Waals surface area (Å²) in [4.78, 5) is 15.7. The van der Waals surface area contributed by atoms with Crippen molar-refractivity contribution in [3.63, 3.8) is 0 Å². The van der Waals surface area contributed by atoms with E-state index in [4.69, 9.17) is 17.1 Å². The van der Waals surface area contributed by atoms with Crippen LogP contribution >= 0.6 is 12.2 Å². The van der Waals surface area contributed by atoms with Gasteiger partial charge in [0.05, 0.1) is 0 Å². The lowest BCUT2D eigenvalue weighted by atomic mass is 10.0. The third-order valence-corrected chi connectivity index (χ3v) is 2.74. The van der Waals surface area contributed by atoms with E-state index in [-0.39, 0.29) is 0 Å². The van der Waals surface area contributed by atoms with Gasteiger partial charge in [0, 0.05) is 19.7 Å². The maximum atomic E-state index is 10.8. The largest absolute Gasteiger partial charge is 0.339 e. The second-order valence-corrected chi connectivity index (χ2v) is 4.64. The van der Waals surface area contributed by atoms with Gasteiger partial charge in [-0.2, -0.15) is 5.06 Å². The first-order valence-electron chi connectivity index (χ1n) is 5.74. The van der Waals surface area contributed by atoms with E-state index in [1.165, 1.54) is 12.0 Å². The molecule has 0 amide bonds. The molecule has 0 spiro atoms. The Morgan fingerprint density at radius 1 is 1.39 bits per heavy atom. The van der Waals surface area contributed by atoms with E-state index in [9.17, 15) is 4.79 Å². The van der Waals surface area contributed by atoms with Gasteiger partial charge < -0.3 is 10.2 Å². The molecule has 5 heteroatoms. The van der Waals surface area contributed by atoms with Crippen molar-refractivity contribution in [3.8, 4) is 0 Å². The molecular weight excluding hydrogens is 248 g/mol. The highest BCUT2D eigenvalue weighted by molar-refractivity contribution is 7.80. The molecule has 0 aliphatic heterocycles. The minimum absolute atomic E-state index is 0.346. The summed E-state index contributed by atoms with van der Waals surface area (Å²) in [5.74, 6) is -0.0191. The van der Waals surface area contributed by atoms with E-state index in [0.717, 1.165) is 11.3 Å². The fourth-order valence-electron chi connectivity index (χ4n) is 1.54. The van der Waals surface area contributed by atoms with Crippen LogP contribution in [0.4, 0.5) is 5.69 Å². The van der Waals surface area contributed by atoms with Crippen LogP contribution in [0.25, 0.3) is 0 Å². The topological polar surface area (TPSA) is 41.6 Å². The number of hydroxylamine groups is 2. The first kappa shape index (κ1) is 14.4. The van der Waals surface area contributed by atoms with Crippen LogP contribution in [0, 0.1) is 0 Å². The number of carbonyl (C=O) groups is 1. The minimum atomic E-state index is -0.404. The van der Waals surface area contributed by atoms with Gasteiger partial charge in [0.15, 0.2) is 0 Å². The molecule has 0 bridgehead atoms. The summed E-state index contributed by atoms with van der Waals surface area (Å²) < 4.78 is 0. The summed E-state index contributed by atoms with van der Waals surface area (Å²) in [5, 5.41) is 4.67. The predicted octanol–water partition coefficient (Wildman–Crippen LogP) is 2.92. The molecule has 4 nitrogen and oxygen atoms in total. The Morgan fingerprint density at radius 3 is 2.56 bits per heavy atom.